The smallest absolute Gasteiger partial charge is 0.258 e. The second-order valence-corrected chi connectivity index (χ2v) is 6.16. The summed E-state index contributed by atoms with van der Waals surface area (Å²) < 4.78 is 10.5. The highest BCUT2D eigenvalue weighted by Crippen LogP contribution is 2.28. The lowest BCUT2D eigenvalue weighted by atomic mass is 10.1. The first-order valence-corrected chi connectivity index (χ1v) is 8.49. The predicted molar refractivity (Wildman–Crippen MR) is 102 cm³/mol. The Morgan fingerprint density at radius 1 is 1.31 bits per heavy atom. The fourth-order valence-corrected chi connectivity index (χ4v) is 2.89. The molecule has 0 saturated carbocycles. The van der Waals surface area contributed by atoms with Gasteiger partial charge < -0.3 is 25.0 Å². The number of carbonyl (C=O) groups is 2. The lowest BCUT2D eigenvalue weighted by molar-refractivity contribution is -0.124. The van der Waals surface area contributed by atoms with Crippen molar-refractivity contribution in [2.45, 2.75) is 31.8 Å². The molecule has 2 N–H and O–H groups in total. The molecule has 2 unspecified atom stereocenters. The van der Waals surface area contributed by atoms with Gasteiger partial charge in [-0.25, -0.2) is 0 Å². The number of carbonyl (C=O) groups excluding carboxylic acids is 2. The third-order valence-electron chi connectivity index (χ3n) is 4.53. The first-order chi connectivity index (χ1) is 12.0. The summed E-state index contributed by atoms with van der Waals surface area (Å²) >= 11 is 0. The molecule has 2 rings (SSSR count). The maximum Gasteiger partial charge on any atom is 0.258 e. The van der Waals surface area contributed by atoms with Crippen LogP contribution in [0, 0.1) is 0 Å². The average Bonchev–Trinajstić information content (AvgIpc) is 3.14. The van der Waals surface area contributed by atoms with Gasteiger partial charge in [-0.1, -0.05) is 0 Å². The minimum Gasteiger partial charge on any atom is -0.497 e. The molecular weight excluding hydrogens is 358 g/mol. The van der Waals surface area contributed by atoms with Crippen molar-refractivity contribution in [1.82, 2.24) is 15.5 Å². The molecule has 0 aromatic heterocycles. The predicted octanol–water partition coefficient (Wildman–Crippen LogP) is 1.45. The van der Waals surface area contributed by atoms with E-state index in [0.29, 0.717) is 36.6 Å². The van der Waals surface area contributed by atoms with Crippen LogP contribution in [0.3, 0.4) is 0 Å². The van der Waals surface area contributed by atoms with Crippen LogP contribution in [0.1, 0.15) is 30.1 Å². The molecule has 1 fully saturated rings. The molecule has 2 amide bonds. The summed E-state index contributed by atoms with van der Waals surface area (Å²) in [4.78, 5) is 27.1. The zero-order valence-corrected chi connectivity index (χ0v) is 16.5. The van der Waals surface area contributed by atoms with Crippen LogP contribution >= 0.6 is 12.4 Å². The third kappa shape index (κ3) is 5.02. The van der Waals surface area contributed by atoms with Crippen molar-refractivity contribution in [3.8, 4) is 11.5 Å². The Morgan fingerprint density at radius 2 is 2.04 bits per heavy atom. The lowest BCUT2D eigenvalue weighted by Gasteiger charge is -2.25. The van der Waals surface area contributed by atoms with Gasteiger partial charge >= 0.3 is 0 Å². The van der Waals surface area contributed by atoms with Crippen LogP contribution < -0.4 is 20.1 Å². The van der Waals surface area contributed by atoms with Crippen molar-refractivity contribution in [3.05, 3.63) is 23.8 Å². The number of halogens is 1. The van der Waals surface area contributed by atoms with Crippen molar-refractivity contribution in [3.63, 3.8) is 0 Å². The van der Waals surface area contributed by atoms with Crippen LogP contribution in [-0.4, -0.2) is 63.2 Å². The van der Waals surface area contributed by atoms with E-state index in [-0.39, 0.29) is 30.3 Å². The maximum absolute atomic E-state index is 12.9. The maximum atomic E-state index is 12.9. The SMILES string of the molecule is CNC(C)CNC(=O)C1CCCN1C(=O)c1ccc(OC)cc1OC.Cl. The Balaban J connectivity index is 0.00000338. The van der Waals surface area contributed by atoms with E-state index in [1.54, 1.807) is 30.2 Å². The number of methoxy groups -OCH3 is 2. The number of hydrogen-bond acceptors (Lipinski definition) is 5. The van der Waals surface area contributed by atoms with Crippen LogP contribution in [0.5, 0.6) is 11.5 Å². The van der Waals surface area contributed by atoms with E-state index >= 15 is 0 Å². The third-order valence-corrected chi connectivity index (χ3v) is 4.53. The van der Waals surface area contributed by atoms with E-state index in [0.717, 1.165) is 6.42 Å². The topological polar surface area (TPSA) is 79.9 Å². The Labute approximate surface area is 160 Å². The number of likely N-dealkylation sites (tertiary alicyclic amines) is 1. The molecule has 1 heterocycles. The summed E-state index contributed by atoms with van der Waals surface area (Å²) in [5.74, 6) is 0.753. The van der Waals surface area contributed by atoms with Crippen LogP contribution in [0.2, 0.25) is 0 Å². The number of hydrogen-bond donors (Lipinski definition) is 2. The van der Waals surface area contributed by atoms with Gasteiger partial charge in [0, 0.05) is 25.2 Å². The van der Waals surface area contributed by atoms with Gasteiger partial charge in [-0.15, -0.1) is 12.4 Å². The molecule has 146 valence electrons. The Bertz CT molecular complexity index is 626. The van der Waals surface area contributed by atoms with Crippen LogP contribution in [0.25, 0.3) is 0 Å². The Hall–Kier alpha value is -1.99. The number of rotatable bonds is 7. The summed E-state index contributed by atoms with van der Waals surface area (Å²) in [6.07, 6.45) is 1.48. The number of nitrogens with one attached hydrogen (secondary N) is 2. The molecule has 1 aliphatic rings. The highest BCUT2D eigenvalue weighted by molar-refractivity contribution is 6.00. The van der Waals surface area contributed by atoms with Crippen molar-refractivity contribution in [2.75, 3.05) is 34.4 Å². The summed E-state index contributed by atoms with van der Waals surface area (Å²) in [7, 11) is 4.92. The van der Waals surface area contributed by atoms with E-state index in [2.05, 4.69) is 10.6 Å². The van der Waals surface area contributed by atoms with E-state index in [4.69, 9.17) is 9.47 Å². The van der Waals surface area contributed by atoms with Crippen molar-refractivity contribution in [1.29, 1.82) is 0 Å². The lowest BCUT2D eigenvalue weighted by Crippen LogP contribution is -2.48. The summed E-state index contributed by atoms with van der Waals surface area (Å²) in [6.45, 7) is 3.08. The Kier molecular flexibility index (Phi) is 8.68. The van der Waals surface area contributed by atoms with Crippen molar-refractivity contribution < 1.29 is 19.1 Å². The summed E-state index contributed by atoms with van der Waals surface area (Å²) in [5, 5.41) is 5.98. The molecule has 26 heavy (non-hydrogen) atoms. The molecule has 1 aliphatic heterocycles. The van der Waals surface area contributed by atoms with E-state index in [1.165, 1.54) is 7.11 Å². The number of amides is 2. The molecule has 0 aliphatic carbocycles. The normalized spacial score (nSPS) is 17.2. The van der Waals surface area contributed by atoms with Gasteiger partial charge in [0.25, 0.3) is 5.91 Å². The number of ether oxygens (including phenoxy) is 2. The average molecular weight is 386 g/mol. The van der Waals surface area contributed by atoms with Gasteiger partial charge in [0.1, 0.15) is 17.5 Å². The van der Waals surface area contributed by atoms with E-state index in [1.807, 2.05) is 14.0 Å². The number of likely N-dealkylation sites (N-methyl/N-ethyl adjacent to an activating group) is 1. The monoisotopic (exact) mass is 385 g/mol. The quantitative estimate of drug-likeness (QED) is 0.742. The molecule has 0 radical (unpaired) electrons. The number of benzene rings is 1. The minimum atomic E-state index is -0.441. The second kappa shape index (κ2) is 10.2. The molecule has 8 heteroatoms. The standard InChI is InChI=1S/C18H27N3O4.ClH/c1-12(19-2)11-20-17(22)15-6-5-9-21(15)18(23)14-8-7-13(24-3)10-16(14)25-4;/h7-8,10,12,15,19H,5-6,9,11H2,1-4H3,(H,20,22);1H. The van der Waals surface area contributed by atoms with Crippen LogP contribution in [0.15, 0.2) is 18.2 Å². The molecular formula is C18H28ClN3O4. The van der Waals surface area contributed by atoms with Gasteiger partial charge in [-0.3, -0.25) is 9.59 Å². The van der Waals surface area contributed by atoms with Crippen molar-refractivity contribution in [2.24, 2.45) is 0 Å². The molecule has 2 atom stereocenters. The zero-order chi connectivity index (χ0) is 18.4. The fraction of sp³-hybridized carbons (Fsp3) is 0.556. The summed E-state index contributed by atoms with van der Waals surface area (Å²) in [6, 6.07) is 4.80. The highest BCUT2D eigenvalue weighted by Gasteiger charge is 2.35. The van der Waals surface area contributed by atoms with Crippen molar-refractivity contribution >= 4 is 24.2 Å². The largest absolute Gasteiger partial charge is 0.497 e. The number of nitrogens with zero attached hydrogens (tertiary/aromatic N) is 1. The van der Waals surface area contributed by atoms with Crippen LogP contribution in [-0.2, 0) is 4.79 Å². The van der Waals surface area contributed by atoms with Gasteiger partial charge in [-0.2, -0.15) is 0 Å². The molecule has 0 spiro atoms. The molecule has 1 saturated heterocycles. The second-order valence-electron chi connectivity index (χ2n) is 6.16. The van der Waals surface area contributed by atoms with Gasteiger partial charge in [0.05, 0.1) is 19.8 Å². The summed E-state index contributed by atoms with van der Waals surface area (Å²) in [5.41, 5.74) is 0.437. The van der Waals surface area contributed by atoms with Crippen LogP contribution in [0.4, 0.5) is 0 Å². The molecule has 1 aromatic rings. The first-order valence-electron chi connectivity index (χ1n) is 8.49. The zero-order valence-electron chi connectivity index (χ0n) is 15.7. The van der Waals surface area contributed by atoms with E-state index in [9.17, 15) is 9.59 Å². The Morgan fingerprint density at radius 3 is 2.65 bits per heavy atom. The molecule has 0 bridgehead atoms. The fourth-order valence-electron chi connectivity index (χ4n) is 2.89. The highest BCUT2D eigenvalue weighted by atomic mass is 35.5. The van der Waals surface area contributed by atoms with E-state index < -0.39 is 6.04 Å². The molecule has 7 nitrogen and oxygen atoms in total. The molecule has 1 aromatic carbocycles. The van der Waals surface area contributed by atoms with Gasteiger partial charge in [0.15, 0.2) is 0 Å². The minimum absolute atomic E-state index is 0. The first kappa shape index (κ1) is 22.1. The van der Waals surface area contributed by atoms with Gasteiger partial charge in [0.2, 0.25) is 5.91 Å². The van der Waals surface area contributed by atoms with Gasteiger partial charge in [-0.05, 0) is 38.9 Å².